The van der Waals surface area contributed by atoms with E-state index >= 15 is 0 Å². The molecule has 60 valence electrons. The molecule has 0 bridgehead atoms. The van der Waals surface area contributed by atoms with E-state index in [4.69, 9.17) is 0 Å². The highest BCUT2D eigenvalue weighted by atomic mass is 79.9. The summed E-state index contributed by atoms with van der Waals surface area (Å²) in [5, 5.41) is 3.04. The molecule has 0 spiro atoms. The fourth-order valence-corrected chi connectivity index (χ4v) is 1.35. The van der Waals surface area contributed by atoms with Gasteiger partial charge >= 0.3 is 0 Å². The maximum absolute atomic E-state index is 4.21. The van der Waals surface area contributed by atoms with Gasteiger partial charge in [0.25, 0.3) is 0 Å². The summed E-state index contributed by atoms with van der Waals surface area (Å²) < 4.78 is 1.04. The molecule has 0 aromatic carbocycles. The Morgan fingerprint density at radius 1 is 1.64 bits per heavy atom. The second kappa shape index (κ2) is 3.72. The molecule has 0 amide bonds. The molecule has 0 atom stereocenters. The number of anilines is 1. The predicted octanol–water partition coefficient (Wildman–Crippen LogP) is 2.45. The largest absolute Gasteiger partial charge is 0.373 e. The average molecular weight is 215 g/mol. The SMILES string of the molecule is CCc1cc(Br)cnc1NC. The summed E-state index contributed by atoms with van der Waals surface area (Å²) in [5.41, 5.74) is 1.24. The first-order chi connectivity index (χ1) is 5.27. The molecule has 1 rings (SSSR count). The molecule has 3 heteroatoms. The third-order valence-electron chi connectivity index (χ3n) is 1.55. The van der Waals surface area contributed by atoms with E-state index in [0.717, 1.165) is 16.7 Å². The van der Waals surface area contributed by atoms with E-state index in [0.29, 0.717) is 0 Å². The van der Waals surface area contributed by atoms with Gasteiger partial charge in [0.2, 0.25) is 0 Å². The molecule has 1 N–H and O–H groups in total. The zero-order chi connectivity index (χ0) is 8.27. The van der Waals surface area contributed by atoms with Crippen molar-refractivity contribution in [3.05, 3.63) is 22.3 Å². The van der Waals surface area contributed by atoms with E-state index in [9.17, 15) is 0 Å². The van der Waals surface area contributed by atoms with Crippen LogP contribution < -0.4 is 5.32 Å². The molecule has 0 saturated heterocycles. The summed E-state index contributed by atoms with van der Waals surface area (Å²) in [5.74, 6) is 0.968. The van der Waals surface area contributed by atoms with Crippen molar-refractivity contribution in [2.24, 2.45) is 0 Å². The van der Waals surface area contributed by atoms with Crippen molar-refractivity contribution in [2.45, 2.75) is 13.3 Å². The van der Waals surface area contributed by atoms with Crippen LogP contribution in [0, 0.1) is 0 Å². The Hall–Kier alpha value is -0.570. The maximum Gasteiger partial charge on any atom is 0.128 e. The van der Waals surface area contributed by atoms with Crippen molar-refractivity contribution in [1.82, 2.24) is 4.98 Å². The van der Waals surface area contributed by atoms with Gasteiger partial charge in [-0.25, -0.2) is 4.98 Å². The quantitative estimate of drug-likeness (QED) is 0.819. The lowest BCUT2D eigenvalue weighted by Crippen LogP contribution is -1.96. The average Bonchev–Trinajstić information content (AvgIpc) is 2.04. The van der Waals surface area contributed by atoms with Crippen LogP contribution in [-0.4, -0.2) is 12.0 Å². The second-order valence-corrected chi connectivity index (χ2v) is 3.18. The first kappa shape index (κ1) is 8.53. The van der Waals surface area contributed by atoms with E-state index in [2.05, 4.69) is 39.2 Å². The summed E-state index contributed by atoms with van der Waals surface area (Å²) in [7, 11) is 1.88. The smallest absolute Gasteiger partial charge is 0.128 e. The van der Waals surface area contributed by atoms with Gasteiger partial charge in [-0.3, -0.25) is 0 Å². The Bertz CT molecular complexity index is 248. The van der Waals surface area contributed by atoms with Gasteiger partial charge in [-0.15, -0.1) is 0 Å². The lowest BCUT2D eigenvalue weighted by molar-refractivity contribution is 1.09. The fourth-order valence-electron chi connectivity index (χ4n) is 0.976. The van der Waals surface area contributed by atoms with Crippen LogP contribution in [0.15, 0.2) is 16.7 Å². The van der Waals surface area contributed by atoms with Crippen LogP contribution >= 0.6 is 15.9 Å². The Balaban J connectivity index is 3.06. The zero-order valence-electron chi connectivity index (χ0n) is 6.69. The number of aryl methyl sites for hydroxylation is 1. The monoisotopic (exact) mass is 214 g/mol. The van der Waals surface area contributed by atoms with Crippen LogP contribution in [0.5, 0.6) is 0 Å². The van der Waals surface area contributed by atoms with Crippen LogP contribution in [0.1, 0.15) is 12.5 Å². The van der Waals surface area contributed by atoms with Crippen molar-refractivity contribution in [2.75, 3.05) is 12.4 Å². The summed E-state index contributed by atoms with van der Waals surface area (Å²) in [6.45, 7) is 2.12. The standard InChI is InChI=1S/C8H11BrN2/c1-3-6-4-7(9)5-11-8(6)10-2/h4-5H,3H2,1-2H3,(H,10,11). The molecule has 0 radical (unpaired) electrons. The van der Waals surface area contributed by atoms with Crippen LogP contribution in [0.2, 0.25) is 0 Å². The number of hydrogen-bond donors (Lipinski definition) is 1. The first-order valence-corrected chi connectivity index (χ1v) is 4.39. The molecular weight excluding hydrogens is 204 g/mol. The zero-order valence-corrected chi connectivity index (χ0v) is 8.27. The number of halogens is 1. The highest BCUT2D eigenvalue weighted by Gasteiger charge is 1.99. The highest BCUT2D eigenvalue weighted by molar-refractivity contribution is 9.10. The Morgan fingerprint density at radius 3 is 2.91 bits per heavy atom. The molecule has 2 nitrogen and oxygen atoms in total. The number of hydrogen-bond acceptors (Lipinski definition) is 2. The lowest BCUT2D eigenvalue weighted by atomic mass is 10.2. The molecule has 1 aromatic heterocycles. The number of aromatic nitrogens is 1. The summed E-state index contributed by atoms with van der Waals surface area (Å²) in [6.07, 6.45) is 2.80. The van der Waals surface area contributed by atoms with Crippen LogP contribution in [0.4, 0.5) is 5.82 Å². The minimum atomic E-state index is 0.968. The van der Waals surface area contributed by atoms with Crippen molar-refractivity contribution >= 4 is 21.7 Å². The van der Waals surface area contributed by atoms with Gasteiger partial charge in [-0.2, -0.15) is 0 Å². The van der Waals surface area contributed by atoms with E-state index in [1.54, 1.807) is 6.20 Å². The summed E-state index contributed by atoms with van der Waals surface area (Å²) in [6, 6.07) is 2.08. The number of pyridine rings is 1. The Morgan fingerprint density at radius 2 is 2.36 bits per heavy atom. The van der Waals surface area contributed by atoms with Gasteiger partial charge in [0.05, 0.1) is 0 Å². The molecule has 0 fully saturated rings. The molecule has 1 heterocycles. The number of nitrogens with one attached hydrogen (secondary N) is 1. The van der Waals surface area contributed by atoms with E-state index < -0.39 is 0 Å². The Kier molecular flexibility index (Phi) is 2.88. The minimum absolute atomic E-state index is 0.968. The lowest BCUT2D eigenvalue weighted by Gasteiger charge is -2.04. The van der Waals surface area contributed by atoms with Crippen molar-refractivity contribution in [3.63, 3.8) is 0 Å². The molecule has 1 aromatic rings. The van der Waals surface area contributed by atoms with Gasteiger partial charge in [-0.05, 0) is 34.0 Å². The molecule has 0 unspecified atom stereocenters. The second-order valence-electron chi connectivity index (χ2n) is 2.26. The Labute approximate surface area is 75.2 Å². The van der Waals surface area contributed by atoms with Crippen LogP contribution in [0.3, 0.4) is 0 Å². The van der Waals surface area contributed by atoms with E-state index in [-0.39, 0.29) is 0 Å². The first-order valence-electron chi connectivity index (χ1n) is 3.60. The summed E-state index contributed by atoms with van der Waals surface area (Å²) >= 11 is 3.38. The minimum Gasteiger partial charge on any atom is -0.373 e. The molecule has 0 aliphatic heterocycles. The maximum atomic E-state index is 4.21. The highest BCUT2D eigenvalue weighted by Crippen LogP contribution is 2.17. The van der Waals surface area contributed by atoms with Crippen molar-refractivity contribution in [1.29, 1.82) is 0 Å². The third-order valence-corrected chi connectivity index (χ3v) is 1.98. The van der Waals surface area contributed by atoms with Crippen molar-refractivity contribution < 1.29 is 0 Å². The van der Waals surface area contributed by atoms with Crippen LogP contribution in [-0.2, 0) is 6.42 Å². The van der Waals surface area contributed by atoms with Crippen molar-refractivity contribution in [3.8, 4) is 0 Å². The number of nitrogens with zero attached hydrogens (tertiary/aromatic N) is 1. The van der Waals surface area contributed by atoms with Gasteiger partial charge in [0.1, 0.15) is 5.82 Å². The van der Waals surface area contributed by atoms with Gasteiger partial charge in [0.15, 0.2) is 0 Å². The molecule has 0 aliphatic rings. The van der Waals surface area contributed by atoms with Crippen LogP contribution in [0.25, 0.3) is 0 Å². The molecular formula is C8H11BrN2. The molecule has 11 heavy (non-hydrogen) atoms. The summed E-state index contributed by atoms with van der Waals surface area (Å²) in [4.78, 5) is 4.21. The third kappa shape index (κ3) is 1.93. The van der Waals surface area contributed by atoms with Gasteiger partial charge in [0, 0.05) is 17.7 Å². The van der Waals surface area contributed by atoms with Gasteiger partial charge in [-0.1, -0.05) is 6.92 Å². The molecule has 0 aliphatic carbocycles. The van der Waals surface area contributed by atoms with E-state index in [1.807, 2.05) is 7.05 Å². The van der Waals surface area contributed by atoms with Gasteiger partial charge < -0.3 is 5.32 Å². The predicted molar refractivity (Wildman–Crippen MR) is 50.9 cm³/mol. The van der Waals surface area contributed by atoms with E-state index in [1.165, 1.54) is 5.56 Å². The topological polar surface area (TPSA) is 24.9 Å². The normalized spacial score (nSPS) is 9.73. The fraction of sp³-hybridized carbons (Fsp3) is 0.375. The molecule has 0 saturated carbocycles. The number of rotatable bonds is 2.